The molecule has 0 radical (unpaired) electrons. The van der Waals surface area contributed by atoms with Crippen molar-refractivity contribution in [2.45, 2.75) is 58.9 Å². The average molecular weight is 413 g/mol. The fraction of sp³-hybridized carbons (Fsp3) is 0.478. The van der Waals surface area contributed by atoms with Crippen molar-refractivity contribution in [1.82, 2.24) is 14.9 Å². The molecule has 7 heteroatoms. The van der Waals surface area contributed by atoms with Gasteiger partial charge < -0.3 is 4.90 Å². The number of nitrogens with zero attached hydrogens (tertiary/aromatic N) is 3. The SMILES string of the molecule is CCCCC(C)CCC(=O)N1CCc2nc(NC(=O)c3ccc(F)cc3)ncc2C1. The number of rotatable bonds is 8. The van der Waals surface area contributed by atoms with Gasteiger partial charge in [0.15, 0.2) is 0 Å². The molecule has 0 saturated heterocycles. The lowest BCUT2D eigenvalue weighted by molar-refractivity contribution is -0.132. The van der Waals surface area contributed by atoms with Crippen molar-refractivity contribution in [2.24, 2.45) is 5.92 Å². The highest BCUT2D eigenvalue weighted by atomic mass is 19.1. The molecule has 1 aromatic carbocycles. The van der Waals surface area contributed by atoms with Gasteiger partial charge in [-0.15, -0.1) is 0 Å². The summed E-state index contributed by atoms with van der Waals surface area (Å²) in [4.78, 5) is 35.4. The number of halogens is 1. The zero-order valence-corrected chi connectivity index (χ0v) is 17.7. The number of anilines is 1. The molecule has 0 aliphatic carbocycles. The summed E-state index contributed by atoms with van der Waals surface area (Å²) in [5, 5.41) is 2.65. The minimum atomic E-state index is -0.397. The lowest BCUT2D eigenvalue weighted by atomic mass is 9.98. The van der Waals surface area contributed by atoms with E-state index in [1.165, 1.54) is 43.5 Å². The normalized spacial score (nSPS) is 14.2. The van der Waals surface area contributed by atoms with E-state index in [-0.39, 0.29) is 17.8 Å². The van der Waals surface area contributed by atoms with Crippen LogP contribution in [0.3, 0.4) is 0 Å². The molecule has 1 aromatic heterocycles. The van der Waals surface area contributed by atoms with Crippen molar-refractivity contribution < 1.29 is 14.0 Å². The lowest BCUT2D eigenvalue weighted by Gasteiger charge is -2.28. The number of benzene rings is 1. The Kier molecular flexibility index (Phi) is 7.49. The van der Waals surface area contributed by atoms with Crippen molar-refractivity contribution in [3.05, 3.63) is 53.1 Å². The fourth-order valence-electron chi connectivity index (χ4n) is 3.59. The van der Waals surface area contributed by atoms with E-state index < -0.39 is 5.82 Å². The molecular weight excluding hydrogens is 383 g/mol. The van der Waals surface area contributed by atoms with Gasteiger partial charge in [-0.1, -0.05) is 33.1 Å². The third kappa shape index (κ3) is 5.84. The van der Waals surface area contributed by atoms with E-state index in [0.29, 0.717) is 37.4 Å². The topological polar surface area (TPSA) is 75.2 Å². The number of amides is 2. The van der Waals surface area contributed by atoms with Crippen LogP contribution in [0.4, 0.5) is 10.3 Å². The minimum absolute atomic E-state index is 0.178. The molecule has 0 saturated carbocycles. The molecule has 1 N–H and O–H groups in total. The maximum atomic E-state index is 13.0. The molecule has 2 aromatic rings. The summed E-state index contributed by atoms with van der Waals surface area (Å²) in [5.74, 6) is 0.178. The van der Waals surface area contributed by atoms with E-state index in [1.54, 1.807) is 6.20 Å². The Morgan fingerprint density at radius 2 is 2.00 bits per heavy atom. The van der Waals surface area contributed by atoms with Gasteiger partial charge in [-0.2, -0.15) is 0 Å². The third-order valence-corrected chi connectivity index (χ3v) is 5.52. The Labute approximate surface area is 176 Å². The van der Waals surface area contributed by atoms with Gasteiger partial charge >= 0.3 is 0 Å². The van der Waals surface area contributed by atoms with Gasteiger partial charge in [-0.05, 0) is 36.6 Å². The lowest BCUT2D eigenvalue weighted by Crippen LogP contribution is -2.36. The molecule has 1 aliphatic heterocycles. The number of aromatic nitrogens is 2. The first-order chi connectivity index (χ1) is 14.5. The summed E-state index contributed by atoms with van der Waals surface area (Å²) in [6, 6.07) is 5.29. The summed E-state index contributed by atoms with van der Waals surface area (Å²) in [6.45, 7) is 5.52. The van der Waals surface area contributed by atoms with Gasteiger partial charge in [0, 0.05) is 43.3 Å². The maximum absolute atomic E-state index is 13.0. The summed E-state index contributed by atoms with van der Waals surface area (Å²) >= 11 is 0. The molecule has 2 heterocycles. The highest BCUT2D eigenvalue weighted by Gasteiger charge is 2.23. The van der Waals surface area contributed by atoms with Crippen LogP contribution in [0.15, 0.2) is 30.5 Å². The molecule has 3 rings (SSSR count). The number of carbonyl (C=O) groups is 2. The molecule has 0 spiro atoms. The van der Waals surface area contributed by atoms with Gasteiger partial charge in [0.05, 0.1) is 5.69 Å². The van der Waals surface area contributed by atoms with Crippen molar-refractivity contribution in [3.63, 3.8) is 0 Å². The molecule has 0 bridgehead atoms. The van der Waals surface area contributed by atoms with Gasteiger partial charge in [0.25, 0.3) is 5.91 Å². The van der Waals surface area contributed by atoms with Crippen LogP contribution in [-0.4, -0.2) is 33.2 Å². The summed E-state index contributed by atoms with van der Waals surface area (Å²) < 4.78 is 13.0. The molecule has 1 unspecified atom stereocenters. The quantitative estimate of drug-likeness (QED) is 0.699. The highest BCUT2D eigenvalue weighted by Crippen LogP contribution is 2.21. The Morgan fingerprint density at radius 3 is 2.73 bits per heavy atom. The molecule has 30 heavy (non-hydrogen) atoms. The Balaban J connectivity index is 1.55. The highest BCUT2D eigenvalue weighted by molar-refractivity contribution is 6.03. The largest absolute Gasteiger partial charge is 0.338 e. The number of fused-ring (bicyclic) bond motifs is 1. The Morgan fingerprint density at radius 1 is 1.23 bits per heavy atom. The first-order valence-corrected chi connectivity index (χ1v) is 10.7. The molecular formula is C23H29FN4O2. The number of unbranched alkanes of at least 4 members (excludes halogenated alkanes) is 1. The van der Waals surface area contributed by atoms with Crippen molar-refractivity contribution in [1.29, 1.82) is 0 Å². The predicted octanol–water partition coefficient (Wildman–Crippen LogP) is 4.36. The van der Waals surface area contributed by atoms with E-state index in [9.17, 15) is 14.0 Å². The molecule has 1 atom stereocenters. The first kappa shape index (κ1) is 21.9. The molecule has 0 fully saturated rings. The minimum Gasteiger partial charge on any atom is -0.338 e. The van der Waals surface area contributed by atoms with Crippen LogP contribution in [0.1, 0.15) is 67.6 Å². The van der Waals surface area contributed by atoms with Crippen LogP contribution >= 0.6 is 0 Å². The van der Waals surface area contributed by atoms with E-state index in [2.05, 4.69) is 29.1 Å². The summed E-state index contributed by atoms with van der Waals surface area (Å²) in [6.07, 6.45) is 7.38. The van der Waals surface area contributed by atoms with E-state index in [1.807, 2.05) is 4.90 Å². The van der Waals surface area contributed by atoms with Crippen LogP contribution in [0.2, 0.25) is 0 Å². The van der Waals surface area contributed by atoms with Crippen LogP contribution in [0.5, 0.6) is 0 Å². The van der Waals surface area contributed by atoms with Crippen LogP contribution in [0, 0.1) is 11.7 Å². The monoisotopic (exact) mass is 412 g/mol. The van der Waals surface area contributed by atoms with E-state index in [4.69, 9.17) is 0 Å². The second-order valence-electron chi connectivity index (χ2n) is 7.98. The fourth-order valence-corrected chi connectivity index (χ4v) is 3.59. The first-order valence-electron chi connectivity index (χ1n) is 10.7. The second-order valence-corrected chi connectivity index (χ2v) is 7.98. The van der Waals surface area contributed by atoms with Gasteiger partial charge in [0.2, 0.25) is 11.9 Å². The summed E-state index contributed by atoms with van der Waals surface area (Å²) in [7, 11) is 0. The van der Waals surface area contributed by atoms with Crippen molar-refractivity contribution in [3.8, 4) is 0 Å². The predicted molar refractivity (Wildman–Crippen MR) is 113 cm³/mol. The Bertz CT molecular complexity index is 885. The maximum Gasteiger partial charge on any atom is 0.258 e. The third-order valence-electron chi connectivity index (χ3n) is 5.52. The van der Waals surface area contributed by atoms with Crippen LogP contribution in [0.25, 0.3) is 0 Å². The van der Waals surface area contributed by atoms with Crippen LogP contribution in [-0.2, 0) is 17.8 Å². The molecule has 2 amide bonds. The zero-order valence-electron chi connectivity index (χ0n) is 17.7. The number of carbonyl (C=O) groups excluding carboxylic acids is 2. The number of hydrogen-bond acceptors (Lipinski definition) is 4. The van der Waals surface area contributed by atoms with E-state index >= 15 is 0 Å². The van der Waals surface area contributed by atoms with Crippen LogP contribution < -0.4 is 5.32 Å². The number of nitrogens with one attached hydrogen (secondary N) is 1. The van der Waals surface area contributed by atoms with E-state index in [0.717, 1.165) is 17.7 Å². The van der Waals surface area contributed by atoms with Gasteiger partial charge in [-0.3, -0.25) is 14.9 Å². The van der Waals surface area contributed by atoms with Gasteiger partial charge in [-0.25, -0.2) is 14.4 Å². The molecule has 1 aliphatic rings. The van der Waals surface area contributed by atoms with Crippen molar-refractivity contribution in [2.75, 3.05) is 11.9 Å². The van der Waals surface area contributed by atoms with Crippen molar-refractivity contribution >= 4 is 17.8 Å². The molecule has 6 nitrogen and oxygen atoms in total. The second kappa shape index (κ2) is 10.3. The average Bonchev–Trinajstić information content (AvgIpc) is 2.76. The summed E-state index contributed by atoms with van der Waals surface area (Å²) in [5.41, 5.74) is 2.09. The van der Waals surface area contributed by atoms with Gasteiger partial charge in [0.1, 0.15) is 5.82 Å². The number of hydrogen-bond donors (Lipinski definition) is 1. The smallest absolute Gasteiger partial charge is 0.258 e. The molecule has 160 valence electrons. The zero-order chi connectivity index (χ0) is 21.5. The Hall–Kier alpha value is -2.83. The standard InChI is InChI=1S/C23H29FN4O2/c1-3-4-5-16(2)6-11-21(29)28-13-12-20-18(15-28)14-25-23(26-20)27-22(30)17-7-9-19(24)10-8-17/h7-10,14,16H,3-6,11-13,15H2,1-2H3,(H,25,26,27,30).